The highest BCUT2D eigenvalue weighted by atomic mass is 16.5. The van der Waals surface area contributed by atoms with Crippen molar-refractivity contribution < 1.29 is 14.3 Å². The number of rotatable bonds is 10. The fourth-order valence-corrected chi connectivity index (χ4v) is 2.04. The summed E-state index contributed by atoms with van der Waals surface area (Å²) in [6, 6.07) is 0. The molecule has 0 radical (unpaired) electrons. The third-order valence-electron chi connectivity index (χ3n) is 3.50. The number of nitrogens with zero attached hydrogens (tertiary/aromatic N) is 1. The maximum Gasteiger partial charge on any atom is 0.235 e. The van der Waals surface area contributed by atoms with Crippen molar-refractivity contribution in [2.45, 2.75) is 25.7 Å². The SMILES string of the molecule is COCCCNC(=O)C1(C(=O)NCCCN(C)C)CC1. The van der Waals surface area contributed by atoms with Crippen molar-refractivity contribution in [3.63, 3.8) is 0 Å². The quantitative estimate of drug-likeness (QED) is 0.437. The summed E-state index contributed by atoms with van der Waals surface area (Å²) < 4.78 is 4.92. The van der Waals surface area contributed by atoms with E-state index in [1.54, 1.807) is 7.11 Å². The number of hydrogen-bond donors (Lipinski definition) is 2. The van der Waals surface area contributed by atoms with Crippen LogP contribution in [0.1, 0.15) is 25.7 Å². The molecule has 0 aromatic heterocycles. The second kappa shape index (κ2) is 8.21. The van der Waals surface area contributed by atoms with Gasteiger partial charge < -0.3 is 20.3 Å². The van der Waals surface area contributed by atoms with Crippen molar-refractivity contribution in [3.8, 4) is 0 Å². The Balaban J connectivity index is 2.25. The molecule has 0 aliphatic heterocycles. The average molecular weight is 285 g/mol. The lowest BCUT2D eigenvalue weighted by Crippen LogP contribution is -2.44. The molecule has 0 aromatic carbocycles. The van der Waals surface area contributed by atoms with Crippen LogP contribution in [-0.4, -0.2) is 64.2 Å². The molecule has 20 heavy (non-hydrogen) atoms. The van der Waals surface area contributed by atoms with Crippen LogP contribution in [0.25, 0.3) is 0 Å². The highest BCUT2D eigenvalue weighted by Gasteiger charge is 2.56. The van der Waals surface area contributed by atoms with Crippen LogP contribution in [0.4, 0.5) is 0 Å². The highest BCUT2D eigenvalue weighted by Crippen LogP contribution is 2.46. The molecule has 1 saturated carbocycles. The number of carbonyl (C=O) groups is 2. The minimum atomic E-state index is -0.800. The first-order chi connectivity index (χ1) is 9.53. The lowest BCUT2D eigenvalue weighted by Gasteiger charge is -2.16. The van der Waals surface area contributed by atoms with Gasteiger partial charge >= 0.3 is 0 Å². The van der Waals surface area contributed by atoms with Gasteiger partial charge in [0.1, 0.15) is 5.41 Å². The summed E-state index contributed by atoms with van der Waals surface area (Å²) in [5.74, 6) is -0.265. The fourth-order valence-electron chi connectivity index (χ4n) is 2.04. The van der Waals surface area contributed by atoms with Gasteiger partial charge in [0, 0.05) is 26.8 Å². The zero-order valence-electron chi connectivity index (χ0n) is 12.8. The van der Waals surface area contributed by atoms with Gasteiger partial charge in [-0.05, 0) is 46.3 Å². The van der Waals surface area contributed by atoms with Crippen LogP contribution in [0.2, 0.25) is 0 Å². The van der Waals surface area contributed by atoms with E-state index in [9.17, 15) is 9.59 Å². The Kier molecular flexibility index (Phi) is 6.95. The van der Waals surface area contributed by atoms with Crippen LogP contribution in [0.15, 0.2) is 0 Å². The van der Waals surface area contributed by atoms with Crippen LogP contribution >= 0.6 is 0 Å². The van der Waals surface area contributed by atoms with Gasteiger partial charge in [0.25, 0.3) is 0 Å². The summed E-state index contributed by atoms with van der Waals surface area (Å²) in [7, 11) is 5.63. The third-order valence-corrected chi connectivity index (χ3v) is 3.50. The van der Waals surface area contributed by atoms with E-state index >= 15 is 0 Å². The molecule has 0 aromatic rings. The minimum Gasteiger partial charge on any atom is -0.385 e. The van der Waals surface area contributed by atoms with Crippen LogP contribution in [0, 0.1) is 5.41 Å². The van der Waals surface area contributed by atoms with E-state index in [1.165, 1.54) is 0 Å². The molecule has 0 unspecified atom stereocenters. The summed E-state index contributed by atoms with van der Waals surface area (Å²) >= 11 is 0. The molecule has 6 heteroatoms. The van der Waals surface area contributed by atoms with Gasteiger partial charge in [-0.1, -0.05) is 0 Å². The molecule has 0 heterocycles. The van der Waals surface area contributed by atoms with Gasteiger partial charge in [-0.2, -0.15) is 0 Å². The molecular formula is C14H27N3O3. The van der Waals surface area contributed by atoms with Crippen molar-refractivity contribution in [1.82, 2.24) is 15.5 Å². The molecule has 1 rings (SSSR count). The van der Waals surface area contributed by atoms with Crippen LogP contribution in [0.5, 0.6) is 0 Å². The van der Waals surface area contributed by atoms with E-state index in [-0.39, 0.29) is 11.8 Å². The van der Waals surface area contributed by atoms with Gasteiger partial charge in [0.2, 0.25) is 11.8 Å². The predicted molar refractivity (Wildman–Crippen MR) is 77.4 cm³/mol. The lowest BCUT2D eigenvalue weighted by molar-refractivity contribution is -0.137. The summed E-state index contributed by atoms with van der Waals surface area (Å²) in [5.41, 5.74) is -0.800. The van der Waals surface area contributed by atoms with Gasteiger partial charge in [-0.25, -0.2) is 0 Å². The zero-order chi connectivity index (χ0) is 15.0. The Bertz CT molecular complexity index is 328. The number of ether oxygens (including phenoxy) is 1. The van der Waals surface area contributed by atoms with Crippen LogP contribution in [0.3, 0.4) is 0 Å². The van der Waals surface area contributed by atoms with Crippen molar-refractivity contribution in [1.29, 1.82) is 0 Å². The number of carbonyl (C=O) groups excluding carboxylic acids is 2. The summed E-state index contributed by atoms with van der Waals surface area (Å²) in [6.45, 7) is 2.72. The van der Waals surface area contributed by atoms with E-state index < -0.39 is 5.41 Å². The van der Waals surface area contributed by atoms with Crippen molar-refractivity contribution in [2.75, 3.05) is 47.4 Å². The Morgan fingerprint density at radius 1 is 1.10 bits per heavy atom. The Labute approximate surface area is 121 Å². The molecule has 2 N–H and O–H groups in total. The first-order valence-electron chi connectivity index (χ1n) is 7.23. The molecule has 1 aliphatic rings. The Hall–Kier alpha value is -1.14. The van der Waals surface area contributed by atoms with Gasteiger partial charge in [-0.15, -0.1) is 0 Å². The number of nitrogens with one attached hydrogen (secondary N) is 2. The normalized spacial score (nSPS) is 16.0. The standard InChI is InChI=1S/C14H27N3O3/c1-17(2)10-4-8-15-12(18)14(6-7-14)13(19)16-9-5-11-20-3/h4-11H2,1-3H3,(H,15,18)(H,16,19). The second-order valence-corrected chi connectivity index (χ2v) is 5.60. The van der Waals surface area contributed by atoms with E-state index in [1.807, 2.05) is 14.1 Å². The number of hydrogen-bond acceptors (Lipinski definition) is 4. The Morgan fingerprint density at radius 3 is 2.10 bits per heavy atom. The van der Waals surface area contributed by atoms with Crippen molar-refractivity contribution in [3.05, 3.63) is 0 Å². The maximum absolute atomic E-state index is 12.1. The maximum atomic E-state index is 12.1. The topological polar surface area (TPSA) is 70.7 Å². The average Bonchev–Trinajstić information content (AvgIpc) is 3.20. The molecule has 0 atom stereocenters. The molecule has 6 nitrogen and oxygen atoms in total. The van der Waals surface area contributed by atoms with E-state index in [0.717, 1.165) is 19.4 Å². The van der Waals surface area contributed by atoms with E-state index in [4.69, 9.17) is 4.74 Å². The molecule has 1 aliphatic carbocycles. The van der Waals surface area contributed by atoms with Gasteiger partial charge in [-0.3, -0.25) is 9.59 Å². The molecule has 0 bridgehead atoms. The molecule has 0 saturated heterocycles. The largest absolute Gasteiger partial charge is 0.385 e. The molecule has 116 valence electrons. The van der Waals surface area contributed by atoms with E-state index in [2.05, 4.69) is 15.5 Å². The summed E-state index contributed by atoms with van der Waals surface area (Å²) in [5, 5.41) is 5.69. The second-order valence-electron chi connectivity index (χ2n) is 5.60. The summed E-state index contributed by atoms with van der Waals surface area (Å²) in [6.07, 6.45) is 2.97. The van der Waals surface area contributed by atoms with Crippen molar-refractivity contribution >= 4 is 11.8 Å². The van der Waals surface area contributed by atoms with E-state index in [0.29, 0.717) is 32.5 Å². The lowest BCUT2D eigenvalue weighted by atomic mass is 10.1. The van der Waals surface area contributed by atoms with Gasteiger partial charge in [0.15, 0.2) is 0 Å². The number of methoxy groups -OCH3 is 1. The number of amides is 2. The zero-order valence-corrected chi connectivity index (χ0v) is 12.8. The third kappa shape index (κ3) is 5.09. The first kappa shape index (κ1) is 16.9. The highest BCUT2D eigenvalue weighted by molar-refractivity contribution is 6.07. The van der Waals surface area contributed by atoms with Crippen LogP contribution in [-0.2, 0) is 14.3 Å². The Morgan fingerprint density at radius 2 is 1.65 bits per heavy atom. The fraction of sp³-hybridized carbons (Fsp3) is 0.857. The molecular weight excluding hydrogens is 258 g/mol. The smallest absolute Gasteiger partial charge is 0.235 e. The first-order valence-corrected chi connectivity index (χ1v) is 7.23. The summed E-state index contributed by atoms with van der Waals surface area (Å²) in [4.78, 5) is 26.2. The minimum absolute atomic E-state index is 0.125. The predicted octanol–water partition coefficient (Wildman–Crippen LogP) is -0.0128. The molecule has 0 spiro atoms. The molecule has 2 amide bonds. The van der Waals surface area contributed by atoms with Crippen molar-refractivity contribution in [2.24, 2.45) is 5.41 Å². The molecule has 1 fully saturated rings. The van der Waals surface area contributed by atoms with Crippen LogP contribution < -0.4 is 10.6 Å². The van der Waals surface area contributed by atoms with Gasteiger partial charge in [0.05, 0.1) is 0 Å². The monoisotopic (exact) mass is 285 g/mol.